The van der Waals surface area contributed by atoms with Gasteiger partial charge in [0, 0.05) is 24.5 Å². The minimum atomic E-state index is 0.0471. The quantitative estimate of drug-likeness (QED) is 0.630. The SMILES string of the molecule is CC(C1CCC2C3CCC4C[C@@H](NC(=O)c5cccnc5)CC[C@]4(C)C3CC[C@@]21C)N(C)C. The largest absolute Gasteiger partial charge is 0.349 e. The lowest BCUT2D eigenvalue weighted by Crippen LogP contribution is -2.56. The first-order chi connectivity index (χ1) is 15.7. The van der Waals surface area contributed by atoms with Crippen LogP contribution in [-0.2, 0) is 0 Å². The molecule has 1 aromatic heterocycles. The molecule has 4 fully saturated rings. The molecule has 4 aliphatic rings. The van der Waals surface area contributed by atoms with E-state index < -0.39 is 0 Å². The number of fused-ring (bicyclic) bond motifs is 5. The first kappa shape index (κ1) is 23.3. The minimum absolute atomic E-state index is 0.0471. The minimum Gasteiger partial charge on any atom is -0.349 e. The van der Waals surface area contributed by atoms with Crippen LogP contribution in [0.15, 0.2) is 24.5 Å². The third kappa shape index (κ3) is 3.85. The topological polar surface area (TPSA) is 45.2 Å². The van der Waals surface area contributed by atoms with Crippen LogP contribution in [0, 0.1) is 40.4 Å². The Morgan fingerprint density at radius 3 is 2.55 bits per heavy atom. The van der Waals surface area contributed by atoms with Crippen LogP contribution in [0.25, 0.3) is 0 Å². The van der Waals surface area contributed by atoms with Gasteiger partial charge in [-0.1, -0.05) is 13.8 Å². The maximum atomic E-state index is 12.7. The van der Waals surface area contributed by atoms with E-state index >= 15 is 0 Å². The van der Waals surface area contributed by atoms with Crippen molar-refractivity contribution in [3.05, 3.63) is 30.1 Å². The summed E-state index contributed by atoms with van der Waals surface area (Å²) in [6.45, 7) is 7.75. The van der Waals surface area contributed by atoms with Crippen molar-refractivity contribution in [3.8, 4) is 0 Å². The highest BCUT2D eigenvalue weighted by molar-refractivity contribution is 5.94. The van der Waals surface area contributed by atoms with E-state index in [9.17, 15) is 4.79 Å². The van der Waals surface area contributed by atoms with Crippen molar-refractivity contribution in [2.45, 2.75) is 90.6 Å². The molecule has 0 spiro atoms. The fourth-order valence-corrected chi connectivity index (χ4v) is 9.35. The smallest absolute Gasteiger partial charge is 0.253 e. The van der Waals surface area contributed by atoms with Gasteiger partial charge in [-0.3, -0.25) is 9.78 Å². The number of hydrogen-bond donors (Lipinski definition) is 1. The Morgan fingerprint density at radius 2 is 1.82 bits per heavy atom. The molecular weight excluding hydrogens is 406 g/mol. The first-order valence-electron chi connectivity index (χ1n) is 13.6. The Hall–Kier alpha value is -1.42. The fourth-order valence-electron chi connectivity index (χ4n) is 9.35. The lowest BCUT2D eigenvalue weighted by atomic mass is 9.44. The summed E-state index contributed by atoms with van der Waals surface area (Å²) in [5.74, 6) is 4.38. The van der Waals surface area contributed by atoms with Crippen molar-refractivity contribution in [2.75, 3.05) is 14.1 Å². The van der Waals surface area contributed by atoms with Crippen LogP contribution >= 0.6 is 0 Å². The molecule has 4 aliphatic carbocycles. The van der Waals surface area contributed by atoms with Crippen molar-refractivity contribution >= 4 is 5.91 Å². The fraction of sp³-hybridized carbons (Fsp3) is 0.793. The Bertz CT molecular complexity index is 856. The van der Waals surface area contributed by atoms with Crippen molar-refractivity contribution in [3.63, 3.8) is 0 Å². The second-order valence-corrected chi connectivity index (χ2v) is 12.8. The number of hydrogen-bond acceptors (Lipinski definition) is 3. The zero-order valence-corrected chi connectivity index (χ0v) is 21.5. The number of pyridine rings is 1. The van der Waals surface area contributed by atoms with E-state index in [0.29, 0.717) is 28.5 Å². The summed E-state index contributed by atoms with van der Waals surface area (Å²) in [5, 5.41) is 3.35. The van der Waals surface area contributed by atoms with Gasteiger partial charge in [-0.15, -0.1) is 0 Å². The molecule has 0 aromatic carbocycles. The molecule has 1 heterocycles. The van der Waals surface area contributed by atoms with E-state index in [1.165, 1.54) is 44.9 Å². The standard InChI is InChI=1S/C29H45N3O/c1-19(32(4)5)24-10-11-25-23-9-8-21-17-22(31-27(33)20-7-6-16-30-18-20)12-14-28(21,2)26(23)13-15-29(24,25)3/h6-7,16,18-19,21-26H,8-15,17H2,1-5H3,(H,31,33)/t19?,21?,22-,23?,24?,25?,26?,28-,29+/m0/s1. The van der Waals surface area contributed by atoms with Gasteiger partial charge in [-0.05, 0) is 131 Å². The van der Waals surface area contributed by atoms with Crippen LogP contribution in [0.1, 0.15) is 88.9 Å². The predicted octanol–water partition coefficient (Wildman–Crippen LogP) is 5.79. The van der Waals surface area contributed by atoms with E-state index in [1.807, 2.05) is 12.1 Å². The van der Waals surface area contributed by atoms with Crippen LogP contribution in [-0.4, -0.2) is 42.0 Å². The van der Waals surface area contributed by atoms with Crippen molar-refractivity contribution in [2.24, 2.45) is 40.4 Å². The molecule has 0 radical (unpaired) electrons. The molecule has 5 rings (SSSR count). The van der Waals surface area contributed by atoms with Gasteiger partial charge in [0.25, 0.3) is 5.91 Å². The highest BCUT2D eigenvalue weighted by Crippen LogP contribution is 2.67. The maximum absolute atomic E-state index is 12.7. The molecule has 4 nitrogen and oxygen atoms in total. The molecule has 1 amide bonds. The molecule has 4 heteroatoms. The number of rotatable bonds is 4. The highest BCUT2D eigenvalue weighted by atomic mass is 16.1. The van der Waals surface area contributed by atoms with E-state index in [2.05, 4.69) is 50.1 Å². The number of carbonyl (C=O) groups is 1. The number of carbonyl (C=O) groups excluding carboxylic acids is 1. The summed E-state index contributed by atoms with van der Waals surface area (Å²) in [6, 6.07) is 4.71. The summed E-state index contributed by atoms with van der Waals surface area (Å²) >= 11 is 0. The van der Waals surface area contributed by atoms with Gasteiger partial charge in [0.2, 0.25) is 0 Å². The van der Waals surface area contributed by atoms with Crippen molar-refractivity contribution < 1.29 is 4.79 Å². The van der Waals surface area contributed by atoms with Crippen molar-refractivity contribution in [1.29, 1.82) is 0 Å². The number of aromatic nitrogens is 1. The predicted molar refractivity (Wildman–Crippen MR) is 134 cm³/mol. The van der Waals surface area contributed by atoms with Crippen LogP contribution in [0.4, 0.5) is 0 Å². The monoisotopic (exact) mass is 451 g/mol. The van der Waals surface area contributed by atoms with Gasteiger partial charge in [0.15, 0.2) is 0 Å². The number of nitrogens with zero attached hydrogens (tertiary/aromatic N) is 2. The van der Waals surface area contributed by atoms with Gasteiger partial charge in [-0.25, -0.2) is 0 Å². The van der Waals surface area contributed by atoms with Gasteiger partial charge in [0.05, 0.1) is 5.56 Å². The van der Waals surface area contributed by atoms with Gasteiger partial charge >= 0.3 is 0 Å². The lowest BCUT2D eigenvalue weighted by molar-refractivity contribution is -0.117. The highest BCUT2D eigenvalue weighted by Gasteiger charge is 2.60. The molecule has 0 aliphatic heterocycles. The average molecular weight is 452 g/mol. The van der Waals surface area contributed by atoms with Crippen molar-refractivity contribution in [1.82, 2.24) is 15.2 Å². The molecule has 9 atom stereocenters. The molecule has 4 saturated carbocycles. The van der Waals surface area contributed by atoms with E-state index in [0.717, 1.165) is 42.4 Å². The Labute approximate surface area is 201 Å². The van der Waals surface area contributed by atoms with E-state index in [4.69, 9.17) is 0 Å². The summed E-state index contributed by atoms with van der Waals surface area (Å²) < 4.78 is 0. The second kappa shape index (κ2) is 8.66. The Morgan fingerprint density at radius 1 is 1.06 bits per heavy atom. The van der Waals surface area contributed by atoms with Crippen LogP contribution in [0.2, 0.25) is 0 Å². The molecular formula is C29H45N3O. The van der Waals surface area contributed by atoms with Gasteiger partial charge < -0.3 is 10.2 Å². The van der Waals surface area contributed by atoms with Gasteiger partial charge in [0.1, 0.15) is 0 Å². The maximum Gasteiger partial charge on any atom is 0.253 e. The van der Waals surface area contributed by atoms with E-state index in [1.54, 1.807) is 12.4 Å². The molecule has 1 N–H and O–H groups in total. The summed E-state index contributed by atoms with van der Waals surface area (Å²) in [5.41, 5.74) is 1.68. The van der Waals surface area contributed by atoms with Crippen LogP contribution in [0.5, 0.6) is 0 Å². The Kier molecular flexibility index (Phi) is 6.12. The molecule has 1 aromatic rings. The zero-order valence-electron chi connectivity index (χ0n) is 21.5. The molecule has 33 heavy (non-hydrogen) atoms. The molecule has 182 valence electrons. The zero-order chi connectivity index (χ0) is 23.4. The third-order valence-corrected chi connectivity index (χ3v) is 11.4. The lowest BCUT2D eigenvalue weighted by Gasteiger charge is -2.61. The first-order valence-corrected chi connectivity index (χ1v) is 13.6. The number of nitrogens with one attached hydrogen (secondary N) is 1. The molecule has 0 saturated heterocycles. The summed E-state index contributed by atoms with van der Waals surface area (Å²) in [6.07, 6.45) is 15.5. The normalized spacial score (nSPS) is 43.3. The number of amides is 1. The average Bonchev–Trinajstić information content (AvgIpc) is 3.16. The molecule has 0 bridgehead atoms. The van der Waals surface area contributed by atoms with Gasteiger partial charge in [-0.2, -0.15) is 0 Å². The summed E-state index contributed by atoms with van der Waals surface area (Å²) in [7, 11) is 4.54. The molecule has 6 unspecified atom stereocenters. The Balaban J connectivity index is 1.27. The van der Waals surface area contributed by atoms with E-state index in [-0.39, 0.29) is 5.91 Å². The van der Waals surface area contributed by atoms with Crippen LogP contribution in [0.3, 0.4) is 0 Å². The second-order valence-electron chi connectivity index (χ2n) is 12.8. The van der Waals surface area contributed by atoms with Crippen LogP contribution < -0.4 is 5.32 Å². The third-order valence-electron chi connectivity index (χ3n) is 11.4. The summed E-state index contributed by atoms with van der Waals surface area (Å²) in [4.78, 5) is 19.3.